The van der Waals surface area contributed by atoms with Gasteiger partial charge >= 0.3 is 0 Å². The summed E-state index contributed by atoms with van der Waals surface area (Å²) in [5.41, 5.74) is 9.48. The molecule has 4 aromatic carbocycles. The Morgan fingerprint density at radius 3 is 2.44 bits per heavy atom. The highest BCUT2D eigenvalue weighted by atomic mass is 32.2. The Balaban J connectivity index is 1.59. The van der Waals surface area contributed by atoms with Crippen molar-refractivity contribution in [2.24, 2.45) is 10.1 Å². The Morgan fingerprint density at radius 2 is 1.73 bits per heavy atom. The molecule has 13 heteroatoms. The molecule has 0 saturated carbocycles. The molecule has 0 unspecified atom stereocenters. The van der Waals surface area contributed by atoms with Crippen LogP contribution < -0.4 is 10.1 Å². The zero-order valence-electron chi connectivity index (χ0n) is 25.9. The summed E-state index contributed by atoms with van der Waals surface area (Å²) < 4.78 is 52.9. The normalized spacial score (nSPS) is 17.1. The van der Waals surface area contributed by atoms with E-state index in [1.807, 2.05) is 0 Å². The number of carbonyl (C=O) groups excluding carboxylic acids is 1. The maximum absolute atomic E-state index is 14.5. The van der Waals surface area contributed by atoms with Gasteiger partial charge in [0.2, 0.25) is 5.90 Å². The Kier molecular flexibility index (Phi) is 11.1. The summed E-state index contributed by atoms with van der Waals surface area (Å²) in [5.74, 6) is -0.799. The van der Waals surface area contributed by atoms with Gasteiger partial charge in [0.15, 0.2) is 21.5 Å². The molecule has 5 rings (SSSR count). The average Bonchev–Trinajstić information content (AvgIpc) is 3.51. The first kappa shape index (κ1) is 34.1. The fourth-order valence-electron chi connectivity index (χ4n) is 5.36. The molecule has 0 spiro atoms. The first-order valence-electron chi connectivity index (χ1n) is 15.3. The van der Waals surface area contributed by atoms with Crippen LogP contribution in [0.4, 0.5) is 4.39 Å². The number of aliphatic imine (C=N–C) groups is 1. The van der Waals surface area contributed by atoms with Crippen molar-refractivity contribution in [3.63, 3.8) is 0 Å². The maximum Gasteiger partial charge on any atom is 0.252 e. The summed E-state index contributed by atoms with van der Waals surface area (Å²) >= 11 is 0. The summed E-state index contributed by atoms with van der Waals surface area (Å²) in [4.78, 5) is 22.3. The van der Waals surface area contributed by atoms with Gasteiger partial charge in [-0.05, 0) is 70.8 Å². The molecular weight excluding hydrogens is 637 g/mol. The third kappa shape index (κ3) is 8.00. The van der Waals surface area contributed by atoms with E-state index in [2.05, 4.69) is 15.3 Å². The van der Waals surface area contributed by atoms with Crippen LogP contribution in [0.25, 0.3) is 10.4 Å². The molecule has 0 aliphatic carbocycles. The minimum absolute atomic E-state index is 0.00340. The third-order valence-electron chi connectivity index (χ3n) is 7.89. The summed E-state index contributed by atoms with van der Waals surface area (Å²) in [6, 6.07) is 27.4. The molecule has 0 radical (unpaired) electrons. The van der Waals surface area contributed by atoms with Crippen LogP contribution in [-0.2, 0) is 32.5 Å². The lowest BCUT2D eigenvalue weighted by Crippen LogP contribution is -2.49. The lowest BCUT2D eigenvalue weighted by molar-refractivity contribution is -0.129. The Morgan fingerprint density at radius 1 is 1.02 bits per heavy atom. The number of sulfone groups is 1. The number of nitrogens with zero attached hydrogens (tertiary/aromatic N) is 4. The molecule has 0 aromatic heterocycles. The number of hydrogen-bond donors (Lipinski definition) is 2. The molecule has 2 atom stereocenters. The highest BCUT2D eigenvalue weighted by Crippen LogP contribution is 2.44. The quantitative estimate of drug-likeness (QED) is 0.0699. The van der Waals surface area contributed by atoms with Crippen molar-refractivity contribution in [3.8, 4) is 5.75 Å². The van der Waals surface area contributed by atoms with Crippen molar-refractivity contribution in [2.75, 3.05) is 19.0 Å². The number of benzene rings is 4. The van der Waals surface area contributed by atoms with Crippen LogP contribution in [0.2, 0.25) is 0 Å². The topological polar surface area (TPSA) is 163 Å². The van der Waals surface area contributed by atoms with Gasteiger partial charge in [-0.3, -0.25) is 4.79 Å². The molecule has 11 nitrogen and oxygen atoms in total. The molecular formula is C35H34FN5O6S. The number of rotatable bonds is 15. The maximum atomic E-state index is 14.5. The van der Waals surface area contributed by atoms with Gasteiger partial charge in [-0.1, -0.05) is 59.7 Å². The van der Waals surface area contributed by atoms with Gasteiger partial charge in [-0.15, -0.1) is 0 Å². The molecule has 48 heavy (non-hydrogen) atoms. The fourth-order valence-corrected chi connectivity index (χ4v) is 6.75. The first-order valence-corrected chi connectivity index (χ1v) is 16.9. The highest BCUT2D eigenvalue weighted by molar-refractivity contribution is 7.91. The van der Waals surface area contributed by atoms with Gasteiger partial charge in [-0.2, -0.15) is 0 Å². The molecule has 0 bridgehead atoms. The molecule has 4 aromatic rings. The molecule has 1 amide bonds. The van der Waals surface area contributed by atoms with Gasteiger partial charge < -0.3 is 19.9 Å². The first-order chi connectivity index (χ1) is 23.3. The van der Waals surface area contributed by atoms with Crippen LogP contribution in [0.3, 0.4) is 0 Å². The number of azide groups is 1. The van der Waals surface area contributed by atoms with Crippen molar-refractivity contribution in [1.82, 2.24) is 5.32 Å². The lowest BCUT2D eigenvalue weighted by Gasteiger charge is -2.31. The zero-order valence-corrected chi connectivity index (χ0v) is 26.7. The number of aliphatic hydroxyl groups is 1. The molecule has 248 valence electrons. The molecule has 1 heterocycles. The van der Waals surface area contributed by atoms with E-state index in [-0.39, 0.29) is 36.9 Å². The molecule has 2 N–H and O–H groups in total. The van der Waals surface area contributed by atoms with Crippen LogP contribution in [0.1, 0.15) is 41.2 Å². The average molecular weight is 672 g/mol. The van der Waals surface area contributed by atoms with E-state index >= 15 is 0 Å². The Hall–Kier alpha value is -5.23. The number of carbonyl (C=O) groups is 1. The van der Waals surface area contributed by atoms with Crippen LogP contribution in [0.5, 0.6) is 5.75 Å². The number of hydrogen-bond acceptors (Lipinski definition) is 8. The standard InChI is InChI=1S/C35H34FN5O6S/c36-28-15-11-25(12-16-28)23-38-34(43)35(19-22-48(44,45)30-8-2-1-3-9-30)32(31-10-5-4-7-27(31)24-39-41-37)47-33(40-35)26-13-17-29(18-14-26)46-21-6-20-42/h1-5,7-18,32,42H,6,19-24H2,(H,38,43)/t32-,35-/m1/s1. The van der Waals surface area contributed by atoms with Crippen molar-refractivity contribution in [3.05, 3.63) is 142 Å². The SMILES string of the molecule is [N-]=[N+]=NCc1ccccc1[C@H]1OC(c2ccc(OCCCO)cc2)=N[C@@]1(CCS(=O)(=O)c1ccccc1)C(=O)NCc1ccc(F)cc1. The van der Waals surface area contributed by atoms with E-state index < -0.39 is 39.0 Å². The third-order valence-corrected chi connectivity index (χ3v) is 9.62. The van der Waals surface area contributed by atoms with Crippen molar-refractivity contribution in [2.45, 2.75) is 42.5 Å². The van der Waals surface area contributed by atoms with Crippen LogP contribution in [-0.4, -0.2) is 49.8 Å². The van der Waals surface area contributed by atoms with E-state index in [0.717, 1.165) is 0 Å². The van der Waals surface area contributed by atoms with E-state index in [4.69, 9.17) is 25.1 Å². The summed E-state index contributed by atoms with van der Waals surface area (Å²) in [7, 11) is -3.87. The van der Waals surface area contributed by atoms with Gasteiger partial charge in [0, 0.05) is 36.5 Å². The second-order valence-corrected chi connectivity index (χ2v) is 13.2. The van der Waals surface area contributed by atoms with Gasteiger partial charge in [0.05, 0.1) is 23.8 Å². The van der Waals surface area contributed by atoms with Crippen LogP contribution in [0.15, 0.2) is 118 Å². The Labute approximate surface area is 277 Å². The fraction of sp³-hybridized carbons (Fsp3) is 0.257. The lowest BCUT2D eigenvalue weighted by atomic mass is 9.83. The van der Waals surface area contributed by atoms with E-state index in [1.54, 1.807) is 78.9 Å². The predicted octanol–water partition coefficient (Wildman–Crippen LogP) is 5.83. The molecule has 1 aliphatic rings. The van der Waals surface area contributed by atoms with Crippen LogP contribution >= 0.6 is 0 Å². The Bertz CT molecular complexity index is 1900. The smallest absolute Gasteiger partial charge is 0.252 e. The van der Waals surface area contributed by atoms with Crippen molar-refractivity contribution >= 4 is 21.6 Å². The van der Waals surface area contributed by atoms with E-state index in [9.17, 15) is 17.6 Å². The summed E-state index contributed by atoms with van der Waals surface area (Å²) in [6.07, 6.45) is -0.904. The number of halogens is 1. The minimum Gasteiger partial charge on any atom is -0.494 e. The summed E-state index contributed by atoms with van der Waals surface area (Å²) in [6.45, 7) is 0.294. The summed E-state index contributed by atoms with van der Waals surface area (Å²) in [5, 5.41) is 15.7. The zero-order chi connectivity index (χ0) is 34.0. The molecule has 0 fully saturated rings. The number of aliphatic hydroxyl groups excluding tert-OH is 1. The molecule has 1 aliphatic heterocycles. The van der Waals surface area contributed by atoms with Crippen molar-refractivity contribution < 1.29 is 32.2 Å². The van der Waals surface area contributed by atoms with Crippen molar-refractivity contribution in [1.29, 1.82) is 0 Å². The highest BCUT2D eigenvalue weighted by Gasteiger charge is 2.54. The second kappa shape index (κ2) is 15.6. The largest absolute Gasteiger partial charge is 0.494 e. The van der Waals surface area contributed by atoms with E-state index in [1.165, 1.54) is 24.3 Å². The molecule has 0 saturated heterocycles. The predicted molar refractivity (Wildman–Crippen MR) is 177 cm³/mol. The monoisotopic (exact) mass is 671 g/mol. The van der Waals surface area contributed by atoms with Gasteiger partial charge in [0.25, 0.3) is 5.91 Å². The number of amides is 1. The van der Waals surface area contributed by atoms with Gasteiger partial charge in [0.1, 0.15) is 11.6 Å². The number of ether oxygens (including phenoxy) is 2. The van der Waals surface area contributed by atoms with Gasteiger partial charge in [-0.25, -0.2) is 17.8 Å². The van der Waals surface area contributed by atoms with E-state index in [0.29, 0.717) is 41.0 Å². The number of nitrogens with one attached hydrogen (secondary N) is 1. The van der Waals surface area contributed by atoms with Crippen LogP contribution in [0, 0.1) is 5.82 Å². The minimum atomic E-state index is -3.87. The second-order valence-electron chi connectivity index (χ2n) is 11.1.